The highest BCUT2D eigenvalue weighted by Gasteiger charge is 2.19. The van der Waals surface area contributed by atoms with Crippen LogP contribution in [0.5, 0.6) is 0 Å². The number of carbonyl (C=O) groups excluding carboxylic acids is 1. The predicted molar refractivity (Wildman–Crippen MR) is 57.4 cm³/mol. The van der Waals surface area contributed by atoms with Gasteiger partial charge in [-0.1, -0.05) is 13.8 Å². The number of ether oxygens (including phenoxy) is 1. The fourth-order valence-corrected chi connectivity index (χ4v) is 1.51. The molecule has 0 atom stereocenters. The first-order valence-electron chi connectivity index (χ1n) is 5.18. The Morgan fingerprint density at radius 1 is 1.43 bits per heavy atom. The number of nitrogens with one attached hydrogen (secondary N) is 1. The second-order valence-electron chi connectivity index (χ2n) is 3.21. The smallest absolute Gasteiger partial charge is 0.317 e. The summed E-state index contributed by atoms with van der Waals surface area (Å²) in [7, 11) is 3.31. The zero-order valence-corrected chi connectivity index (χ0v) is 9.67. The second kappa shape index (κ2) is 7.62. The molecule has 4 heteroatoms. The van der Waals surface area contributed by atoms with Crippen LogP contribution in [0.3, 0.4) is 0 Å². The Morgan fingerprint density at radius 2 is 2.00 bits per heavy atom. The van der Waals surface area contributed by atoms with E-state index in [1.807, 2.05) is 4.90 Å². The molecular weight excluding hydrogens is 180 g/mol. The molecule has 0 radical (unpaired) electrons. The van der Waals surface area contributed by atoms with Crippen molar-refractivity contribution in [2.75, 3.05) is 27.3 Å². The fraction of sp³-hybridized carbons (Fsp3) is 0.900. The number of hydrogen-bond acceptors (Lipinski definition) is 2. The van der Waals surface area contributed by atoms with E-state index in [4.69, 9.17) is 4.74 Å². The Kier molecular flexibility index (Phi) is 7.20. The maximum atomic E-state index is 11.5. The molecule has 0 aromatic carbocycles. The first kappa shape index (κ1) is 13.2. The van der Waals surface area contributed by atoms with Crippen molar-refractivity contribution < 1.29 is 9.53 Å². The second-order valence-corrected chi connectivity index (χ2v) is 3.21. The van der Waals surface area contributed by atoms with E-state index < -0.39 is 0 Å². The largest absolute Gasteiger partial charge is 0.383 e. The highest BCUT2D eigenvalue weighted by Crippen LogP contribution is 2.08. The standard InChI is InChI=1S/C10H22N2O2/c1-5-9(6-2)12(7-8-14-4)10(13)11-3/h9H,5-8H2,1-4H3,(H,11,13). The molecule has 0 unspecified atom stereocenters. The number of carbonyl (C=O) groups is 1. The normalized spacial score (nSPS) is 10.4. The zero-order valence-electron chi connectivity index (χ0n) is 9.67. The molecule has 0 aliphatic heterocycles. The van der Waals surface area contributed by atoms with E-state index in [0.29, 0.717) is 19.2 Å². The lowest BCUT2D eigenvalue weighted by Gasteiger charge is -2.29. The number of hydrogen-bond donors (Lipinski definition) is 1. The van der Waals surface area contributed by atoms with Crippen molar-refractivity contribution >= 4 is 6.03 Å². The molecule has 84 valence electrons. The SMILES string of the molecule is CCC(CC)N(CCOC)C(=O)NC. The van der Waals surface area contributed by atoms with E-state index in [1.165, 1.54) is 0 Å². The Labute approximate surface area is 86.6 Å². The third-order valence-corrected chi connectivity index (χ3v) is 2.39. The van der Waals surface area contributed by atoms with Crippen molar-refractivity contribution in [3.8, 4) is 0 Å². The molecule has 0 fully saturated rings. The fourth-order valence-electron chi connectivity index (χ4n) is 1.51. The van der Waals surface area contributed by atoms with E-state index in [9.17, 15) is 4.79 Å². The summed E-state index contributed by atoms with van der Waals surface area (Å²) >= 11 is 0. The van der Waals surface area contributed by atoms with Crippen LogP contribution < -0.4 is 5.32 Å². The van der Waals surface area contributed by atoms with Gasteiger partial charge in [-0.2, -0.15) is 0 Å². The van der Waals surface area contributed by atoms with E-state index >= 15 is 0 Å². The monoisotopic (exact) mass is 202 g/mol. The third-order valence-electron chi connectivity index (χ3n) is 2.39. The molecule has 0 aliphatic carbocycles. The summed E-state index contributed by atoms with van der Waals surface area (Å²) in [6, 6.07) is 0.292. The van der Waals surface area contributed by atoms with Crippen molar-refractivity contribution in [3.05, 3.63) is 0 Å². The van der Waals surface area contributed by atoms with Gasteiger partial charge in [-0.25, -0.2) is 4.79 Å². The molecule has 0 aliphatic rings. The summed E-state index contributed by atoms with van der Waals surface area (Å²) in [4.78, 5) is 13.4. The van der Waals surface area contributed by atoms with E-state index in [-0.39, 0.29) is 6.03 Å². The van der Waals surface area contributed by atoms with Gasteiger partial charge in [0.25, 0.3) is 0 Å². The van der Waals surface area contributed by atoms with Gasteiger partial charge >= 0.3 is 6.03 Å². The molecule has 4 nitrogen and oxygen atoms in total. The molecule has 0 aromatic rings. The molecule has 2 amide bonds. The Balaban J connectivity index is 4.27. The van der Waals surface area contributed by atoms with E-state index in [0.717, 1.165) is 12.8 Å². The van der Waals surface area contributed by atoms with Crippen LogP contribution in [0.1, 0.15) is 26.7 Å². The third kappa shape index (κ3) is 3.96. The van der Waals surface area contributed by atoms with Gasteiger partial charge in [-0.3, -0.25) is 0 Å². The molecule has 0 saturated carbocycles. The minimum atomic E-state index is -0.0178. The van der Waals surface area contributed by atoms with Gasteiger partial charge in [0.05, 0.1) is 6.61 Å². The van der Waals surface area contributed by atoms with Gasteiger partial charge in [0, 0.05) is 26.7 Å². The highest BCUT2D eigenvalue weighted by atomic mass is 16.5. The summed E-state index contributed by atoms with van der Waals surface area (Å²) in [6.07, 6.45) is 1.96. The van der Waals surface area contributed by atoms with E-state index in [1.54, 1.807) is 14.2 Å². The lowest BCUT2D eigenvalue weighted by atomic mass is 10.1. The molecule has 0 rings (SSSR count). The number of amides is 2. The summed E-state index contributed by atoms with van der Waals surface area (Å²) in [5.74, 6) is 0. The quantitative estimate of drug-likeness (QED) is 0.708. The lowest BCUT2D eigenvalue weighted by molar-refractivity contribution is 0.127. The Hall–Kier alpha value is -0.770. The van der Waals surface area contributed by atoms with Gasteiger partial charge in [0.15, 0.2) is 0 Å². The Bertz CT molecular complexity index is 158. The minimum absolute atomic E-state index is 0.0178. The first-order chi connectivity index (χ1) is 6.71. The van der Waals surface area contributed by atoms with Crippen LogP contribution in [-0.4, -0.2) is 44.3 Å². The van der Waals surface area contributed by atoms with Crippen molar-refractivity contribution in [3.63, 3.8) is 0 Å². The predicted octanol–water partition coefficient (Wildman–Crippen LogP) is 1.46. The maximum Gasteiger partial charge on any atom is 0.317 e. The summed E-state index contributed by atoms with van der Waals surface area (Å²) in [5.41, 5.74) is 0. The number of rotatable bonds is 6. The summed E-state index contributed by atoms with van der Waals surface area (Å²) < 4.78 is 4.98. The van der Waals surface area contributed by atoms with Crippen LogP contribution in [0.25, 0.3) is 0 Å². The van der Waals surface area contributed by atoms with Gasteiger partial charge in [0.2, 0.25) is 0 Å². The van der Waals surface area contributed by atoms with Gasteiger partial charge in [0.1, 0.15) is 0 Å². The molecule has 0 spiro atoms. The van der Waals surface area contributed by atoms with Gasteiger partial charge in [-0.05, 0) is 12.8 Å². The first-order valence-corrected chi connectivity index (χ1v) is 5.18. The zero-order chi connectivity index (χ0) is 11.0. The van der Waals surface area contributed by atoms with E-state index in [2.05, 4.69) is 19.2 Å². The molecule has 1 N–H and O–H groups in total. The van der Waals surface area contributed by atoms with Crippen LogP contribution in [0.2, 0.25) is 0 Å². The topological polar surface area (TPSA) is 41.6 Å². The number of methoxy groups -OCH3 is 1. The number of nitrogens with zero attached hydrogens (tertiary/aromatic N) is 1. The van der Waals surface area contributed by atoms with Crippen LogP contribution >= 0.6 is 0 Å². The van der Waals surface area contributed by atoms with Crippen LogP contribution in [-0.2, 0) is 4.74 Å². The average molecular weight is 202 g/mol. The van der Waals surface area contributed by atoms with Crippen molar-refractivity contribution in [2.24, 2.45) is 0 Å². The minimum Gasteiger partial charge on any atom is -0.383 e. The van der Waals surface area contributed by atoms with Gasteiger partial charge in [-0.15, -0.1) is 0 Å². The summed E-state index contributed by atoms with van der Waals surface area (Å²) in [6.45, 7) is 5.43. The van der Waals surface area contributed by atoms with Crippen LogP contribution in [0, 0.1) is 0 Å². The van der Waals surface area contributed by atoms with Crippen molar-refractivity contribution in [2.45, 2.75) is 32.7 Å². The Morgan fingerprint density at radius 3 is 2.36 bits per heavy atom. The van der Waals surface area contributed by atoms with Crippen LogP contribution in [0.4, 0.5) is 4.79 Å². The van der Waals surface area contributed by atoms with Crippen molar-refractivity contribution in [1.82, 2.24) is 10.2 Å². The average Bonchev–Trinajstić information content (AvgIpc) is 2.23. The number of urea groups is 1. The van der Waals surface area contributed by atoms with Crippen LogP contribution in [0.15, 0.2) is 0 Å². The molecule has 0 aromatic heterocycles. The van der Waals surface area contributed by atoms with Crippen molar-refractivity contribution in [1.29, 1.82) is 0 Å². The molecular formula is C10H22N2O2. The molecule has 0 heterocycles. The molecule has 0 saturated heterocycles. The maximum absolute atomic E-state index is 11.5. The highest BCUT2D eigenvalue weighted by molar-refractivity contribution is 5.74. The molecule has 0 bridgehead atoms. The lowest BCUT2D eigenvalue weighted by Crippen LogP contribution is -2.46. The summed E-state index contributed by atoms with van der Waals surface area (Å²) in [5, 5.41) is 2.65. The van der Waals surface area contributed by atoms with Gasteiger partial charge < -0.3 is 15.0 Å². The molecule has 14 heavy (non-hydrogen) atoms.